The molecule has 112 valence electrons. The Bertz CT molecular complexity index is 556. The molecule has 0 aromatic heterocycles. The molecule has 0 radical (unpaired) electrons. The van der Waals surface area contributed by atoms with Crippen LogP contribution in [-0.4, -0.2) is 56.6 Å². The van der Waals surface area contributed by atoms with Crippen LogP contribution in [0.25, 0.3) is 0 Å². The first-order valence-electron chi connectivity index (χ1n) is 6.56. The van der Waals surface area contributed by atoms with Crippen LogP contribution in [0.4, 0.5) is 4.39 Å². The van der Waals surface area contributed by atoms with E-state index in [2.05, 4.69) is 4.90 Å². The molecular weight excluding hydrogens is 281 g/mol. The molecule has 2 rings (SSSR count). The van der Waals surface area contributed by atoms with E-state index in [9.17, 15) is 12.8 Å². The van der Waals surface area contributed by atoms with Gasteiger partial charge in [-0.25, -0.2) is 12.8 Å². The van der Waals surface area contributed by atoms with E-state index in [1.807, 2.05) is 6.07 Å². The number of nitrogens with two attached hydrogens (primary N) is 1. The lowest BCUT2D eigenvalue weighted by Crippen LogP contribution is -2.50. The van der Waals surface area contributed by atoms with Gasteiger partial charge in [-0.3, -0.25) is 4.90 Å². The van der Waals surface area contributed by atoms with Gasteiger partial charge >= 0.3 is 0 Å². The van der Waals surface area contributed by atoms with E-state index >= 15 is 0 Å². The van der Waals surface area contributed by atoms with E-state index in [-0.39, 0.29) is 11.9 Å². The smallest absolute Gasteiger partial charge is 0.211 e. The fourth-order valence-corrected chi connectivity index (χ4v) is 3.38. The minimum atomic E-state index is -3.14. The molecule has 1 heterocycles. The second-order valence-electron chi connectivity index (χ2n) is 5.00. The summed E-state index contributed by atoms with van der Waals surface area (Å²) >= 11 is 0. The van der Waals surface area contributed by atoms with E-state index in [1.165, 1.54) is 22.7 Å². The third kappa shape index (κ3) is 3.54. The minimum absolute atomic E-state index is 0.0765. The second kappa shape index (κ2) is 6.17. The van der Waals surface area contributed by atoms with Gasteiger partial charge in [0.1, 0.15) is 5.82 Å². The zero-order chi connectivity index (χ0) is 14.8. The maximum Gasteiger partial charge on any atom is 0.211 e. The fourth-order valence-electron chi connectivity index (χ4n) is 2.56. The summed E-state index contributed by atoms with van der Waals surface area (Å²) in [7, 11) is -3.14. The van der Waals surface area contributed by atoms with Crippen molar-refractivity contribution in [1.29, 1.82) is 0 Å². The lowest BCUT2D eigenvalue weighted by molar-refractivity contribution is 0.140. The standard InChI is InChI=1S/C13H20FN3O2S/c1-20(18,19)17-7-5-16(6-8-17)13(10-15)11-3-2-4-12(14)9-11/h2-4,9,13H,5-8,10,15H2,1H3. The van der Waals surface area contributed by atoms with Crippen LogP contribution in [0, 0.1) is 5.82 Å². The summed E-state index contributed by atoms with van der Waals surface area (Å²) in [6, 6.07) is 6.33. The van der Waals surface area contributed by atoms with Crippen molar-refractivity contribution < 1.29 is 12.8 Å². The molecule has 0 spiro atoms. The molecule has 1 atom stereocenters. The molecule has 1 fully saturated rings. The van der Waals surface area contributed by atoms with Gasteiger partial charge in [-0.2, -0.15) is 4.31 Å². The van der Waals surface area contributed by atoms with Crippen LogP contribution in [0.2, 0.25) is 0 Å². The van der Waals surface area contributed by atoms with Gasteiger partial charge < -0.3 is 5.73 Å². The summed E-state index contributed by atoms with van der Waals surface area (Å²) in [6.45, 7) is 2.48. The Labute approximate surface area is 119 Å². The topological polar surface area (TPSA) is 66.6 Å². The third-order valence-electron chi connectivity index (χ3n) is 3.64. The fraction of sp³-hybridized carbons (Fsp3) is 0.538. The SMILES string of the molecule is CS(=O)(=O)N1CCN(C(CN)c2cccc(F)c2)CC1. The molecule has 2 N–H and O–H groups in total. The molecule has 0 saturated carbocycles. The number of benzene rings is 1. The highest BCUT2D eigenvalue weighted by Crippen LogP contribution is 2.22. The van der Waals surface area contributed by atoms with Crippen LogP contribution in [0.1, 0.15) is 11.6 Å². The summed E-state index contributed by atoms with van der Waals surface area (Å²) in [5.74, 6) is -0.282. The van der Waals surface area contributed by atoms with E-state index in [4.69, 9.17) is 5.73 Å². The minimum Gasteiger partial charge on any atom is -0.329 e. The highest BCUT2D eigenvalue weighted by molar-refractivity contribution is 7.88. The Hall–Kier alpha value is -1.02. The molecule has 0 amide bonds. The predicted octanol–water partition coefficient (Wildman–Crippen LogP) is 0.403. The molecule has 7 heteroatoms. The second-order valence-corrected chi connectivity index (χ2v) is 6.99. The molecule has 1 aliphatic rings. The van der Waals surface area contributed by atoms with E-state index < -0.39 is 10.0 Å². The van der Waals surface area contributed by atoms with E-state index in [0.717, 1.165) is 5.56 Å². The Kier molecular flexibility index (Phi) is 4.74. The molecule has 1 unspecified atom stereocenters. The van der Waals surface area contributed by atoms with E-state index in [0.29, 0.717) is 32.7 Å². The first-order valence-corrected chi connectivity index (χ1v) is 8.41. The Morgan fingerprint density at radius 2 is 1.95 bits per heavy atom. The van der Waals surface area contributed by atoms with Gasteiger partial charge in [-0.1, -0.05) is 12.1 Å². The van der Waals surface area contributed by atoms with Gasteiger partial charge in [0.05, 0.1) is 6.26 Å². The van der Waals surface area contributed by atoms with Crippen molar-refractivity contribution in [2.24, 2.45) is 5.73 Å². The summed E-state index contributed by atoms with van der Waals surface area (Å²) < 4.78 is 37.7. The van der Waals surface area contributed by atoms with Crippen molar-refractivity contribution in [3.63, 3.8) is 0 Å². The molecule has 1 saturated heterocycles. The molecule has 1 aromatic carbocycles. The van der Waals surface area contributed by atoms with Crippen LogP contribution in [-0.2, 0) is 10.0 Å². The predicted molar refractivity (Wildman–Crippen MR) is 76.2 cm³/mol. The first kappa shape index (κ1) is 15.4. The average molecular weight is 301 g/mol. The van der Waals surface area contributed by atoms with Crippen molar-refractivity contribution in [3.05, 3.63) is 35.6 Å². The Morgan fingerprint density at radius 3 is 2.45 bits per heavy atom. The van der Waals surface area contributed by atoms with Crippen LogP contribution >= 0.6 is 0 Å². The molecule has 0 bridgehead atoms. The van der Waals surface area contributed by atoms with Crippen molar-refractivity contribution in [1.82, 2.24) is 9.21 Å². The van der Waals surface area contributed by atoms with Crippen LogP contribution in [0.15, 0.2) is 24.3 Å². The lowest BCUT2D eigenvalue weighted by atomic mass is 10.0. The maximum absolute atomic E-state index is 13.3. The molecule has 1 aliphatic heterocycles. The van der Waals surface area contributed by atoms with Crippen molar-refractivity contribution in [2.45, 2.75) is 6.04 Å². The van der Waals surface area contributed by atoms with Crippen molar-refractivity contribution >= 4 is 10.0 Å². The summed E-state index contributed by atoms with van der Waals surface area (Å²) in [5.41, 5.74) is 6.64. The largest absolute Gasteiger partial charge is 0.329 e. The summed E-state index contributed by atoms with van der Waals surface area (Å²) in [6.07, 6.45) is 1.22. The zero-order valence-electron chi connectivity index (χ0n) is 11.5. The number of rotatable bonds is 4. The molecule has 20 heavy (non-hydrogen) atoms. The number of piperazine rings is 1. The maximum atomic E-state index is 13.3. The number of halogens is 1. The van der Waals surface area contributed by atoms with Crippen molar-refractivity contribution in [2.75, 3.05) is 39.0 Å². The van der Waals surface area contributed by atoms with Gasteiger partial charge in [0, 0.05) is 38.8 Å². The quantitative estimate of drug-likeness (QED) is 0.874. The van der Waals surface area contributed by atoms with Gasteiger partial charge in [0.15, 0.2) is 0 Å². The van der Waals surface area contributed by atoms with Gasteiger partial charge in [0.25, 0.3) is 0 Å². The van der Waals surface area contributed by atoms with Crippen LogP contribution < -0.4 is 5.73 Å². The lowest BCUT2D eigenvalue weighted by Gasteiger charge is -2.38. The highest BCUT2D eigenvalue weighted by atomic mass is 32.2. The number of nitrogens with zero attached hydrogens (tertiary/aromatic N) is 2. The average Bonchev–Trinajstić information content (AvgIpc) is 2.39. The van der Waals surface area contributed by atoms with Crippen LogP contribution in [0.3, 0.4) is 0 Å². The summed E-state index contributed by atoms with van der Waals surface area (Å²) in [5, 5.41) is 0. The Balaban J connectivity index is 2.08. The van der Waals surface area contributed by atoms with Crippen molar-refractivity contribution in [3.8, 4) is 0 Å². The monoisotopic (exact) mass is 301 g/mol. The molecule has 0 aliphatic carbocycles. The number of hydrogen-bond acceptors (Lipinski definition) is 4. The normalized spacial score (nSPS) is 19.9. The number of hydrogen-bond donors (Lipinski definition) is 1. The highest BCUT2D eigenvalue weighted by Gasteiger charge is 2.27. The molecule has 1 aromatic rings. The van der Waals surface area contributed by atoms with Crippen LogP contribution in [0.5, 0.6) is 0 Å². The molecule has 5 nitrogen and oxygen atoms in total. The zero-order valence-corrected chi connectivity index (χ0v) is 12.3. The Morgan fingerprint density at radius 1 is 1.30 bits per heavy atom. The van der Waals surface area contributed by atoms with Gasteiger partial charge in [0.2, 0.25) is 10.0 Å². The third-order valence-corrected chi connectivity index (χ3v) is 4.94. The number of sulfonamides is 1. The van der Waals surface area contributed by atoms with E-state index in [1.54, 1.807) is 6.07 Å². The summed E-state index contributed by atoms with van der Waals surface area (Å²) in [4.78, 5) is 2.11. The first-order chi connectivity index (χ1) is 9.41. The van der Waals surface area contributed by atoms with Gasteiger partial charge in [-0.15, -0.1) is 0 Å². The molecular formula is C13H20FN3O2S. The van der Waals surface area contributed by atoms with Gasteiger partial charge in [-0.05, 0) is 17.7 Å².